The first-order valence-corrected chi connectivity index (χ1v) is 13.8. The molecule has 0 saturated heterocycles. The van der Waals surface area contributed by atoms with Gasteiger partial charge in [0, 0.05) is 0 Å². The number of nitrogens with zero attached hydrogens (tertiary/aromatic N) is 1. The fourth-order valence-electron chi connectivity index (χ4n) is 3.05. The molecule has 6 heteroatoms. The number of carbonyl (C=O) groups is 1. The number of aryl methyl sites for hydroxylation is 1. The van der Waals surface area contributed by atoms with Crippen LogP contribution in [0.25, 0.3) is 0 Å². The molecule has 0 saturated carbocycles. The minimum atomic E-state index is -2.01. The zero-order valence-corrected chi connectivity index (χ0v) is 20.4. The Morgan fingerprint density at radius 1 is 1.10 bits per heavy atom. The van der Waals surface area contributed by atoms with Crippen LogP contribution < -0.4 is 0 Å². The summed E-state index contributed by atoms with van der Waals surface area (Å²) in [5, 5.41) is 0.0820. The molecule has 30 heavy (non-hydrogen) atoms. The Morgan fingerprint density at radius 3 is 2.40 bits per heavy atom. The lowest BCUT2D eigenvalue weighted by Crippen LogP contribution is -2.41. The van der Waals surface area contributed by atoms with Crippen molar-refractivity contribution in [1.29, 1.82) is 0 Å². The summed E-state index contributed by atoms with van der Waals surface area (Å²) in [6.45, 7) is 11.1. The van der Waals surface area contributed by atoms with Gasteiger partial charge in [0.05, 0.1) is 13.3 Å². The lowest BCUT2D eigenvalue weighted by molar-refractivity contribution is 0.0554. The van der Waals surface area contributed by atoms with E-state index in [1.165, 1.54) is 31.7 Å². The van der Waals surface area contributed by atoms with Crippen molar-refractivity contribution in [2.45, 2.75) is 83.5 Å². The Balaban J connectivity index is 1.94. The second-order valence-electron chi connectivity index (χ2n) is 9.36. The maximum Gasteiger partial charge on any atom is 0.375 e. The average Bonchev–Trinajstić information content (AvgIpc) is 3.19. The van der Waals surface area contributed by atoms with Crippen molar-refractivity contribution in [1.82, 2.24) is 4.98 Å². The van der Waals surface area contributed by atoms with E-state index in [0.29, 0.717) is 5.89 Å². The minimum Gasteiger partial charge on any atom is -0.463 e. The van der Waals surface area contributed by atoms with Gasteiger partial charge in [-0.25, -0.2) is 9.78 Å². The maximum atomic E-state index is 11.8. The fraction of sp³-hybridized carbons (Fsp3) is 0.583. The lowest BCUT2D eigenvalue weighted by atomic mass is 10.0. The van der Waals surface area contributed by atoms with Gasteiger partial charge in [-0.1, -0.05) is 70.4 Å². The molecule has 0 radical (unpaired) electrons. The Kier molecular flexibility index (Phi) is 8.86. The molecule has 0 spiro atoms. The van der Waals surface area contributed by atoms with Crippen LogP contribution >= 0.6 is 0 Å². The van der Waals surface area contributed by atoms with Gasteiger partial charge in [-0.05, 0) is 43.0 Å². The van der Waals surface area contributed by atoms with Crippen LogP contribution in [0.3, 0.4) is 0 Å². The van der Waals surface area contributed by atoms with Crippen molar-refractivity contribution >= 4 is 14.3 Å². The standard InChI is InChI=1S/C24H37NO4Si/c1-24(2,3)30(5,6)29-20(22-25-18-21(28-22)23(26)27-4)17-13-8-7-10-14-19-15-11-9-12-16-19/h9,11-12,15-16,18,20H,7-8,10,13-14,17H2,1-6H3. The van der Waals surface area contributed by atoms with Crippen LogP contribution in [-0.2, 0) is 15.6 Å². The third-order valence-corrected chi connectivity index (χ3v) is 10.4. The zero-order valence-electron chi connectivity index (χ0n) is 19.4. The number of unbranched alkanes of at least 4 members (excludes halogenated alkanes) is 3. The van der Waals surface area contributed by atoms with E-state index in [9.17, 15) is 4.79 Å². The summed E-state index contributed by atoms with van der Waals surface area (Å²) in [6, 6.07) is 10.6. The molecule has 1 aromatic heterocycles. The number of ether oxygens (including phenoxy) is 1. The van der Waals surface area contributed by atoms with Crippen molar-refractivity contribution < 1.29 is 18.4 Å². The highest BCUT2D eigenvalue weighted by Crippen LogP contribution is 2.40. The molecule has 1 atom stereocenters. The topological polar surface area (TPSA) is 61.6 Å². The highest BCUT2D eigenvalue weighted by atomic mass is 28.4. The summed E-state index contributed by atoms with van der Waals surface area (Å²) >= 11 is 0. The van der Waals surface area contributed by atoms with E-state index in [-0.39, 0.29) is 16.9 Å². The molecule has 0 aliphatic rings. The Morgan fingerprint density at radius 2 is 1.77 bits per heavy atom. The van der Waals surface area contributed by atoms with Crippen LogP contribution in [0, 0.1) is 0 Å². The van der Waals surface area contributed by atoms with E-state index in [1.54, 1.807) is 0 Å². The fourth-order valence-corrected chi connectivity index (χ4v) is 4.34. The first-order valence-electron chi connectivity index (χ1n) is 10.9. The first kappa shape index (κ1) is 24.3. The molecule has 166 valence electrons. The maximum absolute atomic E-state index is 11.8. The number of benzene rings is 1. The van der Waals surface area contributed by atoms with Gasteiger partial charge in [0.1, 0.15) is 6.10 Å². The van der Waals surface area contributed by atoms with Crippen molar-refractivity contribution in [2.75, 3.05) is 7.11 Å². The minimum absolute atomic E-state index is 0.0820. The molecule has 0 bridgehead atoms. The molecular weight excluding hydrogens is 394 g/mol. The van der Waals surface area contributed by atoms with Crippen LogP contribution in [0.1, 0.15) is 81.0 Å². The molecule has 1 aromatic carbocycles. The highest BCUT2D eigenvalue weighted by Gasteiger charge is 2.40. The molecule has 2 rings (SSSR count). The largest absolute Gasteiger partial charge is 0.463 e. The van der Waals surface area contributed by atoms with Gasteiger partial charge in [-0.3, -0.25) is 0 Å². The Bertz CT molecular complexity index is 780. The lowest BCUT2D eigenvalue weighted by Gasteiger charge is -2.38. The molecule has 0 aliphatic carbocycles. The molecule has 0 N–H and O–H groups in total. The Labute approximate surface area is 182 Å². The normalized spacial score (nSPS) is 13.3. The number of esters is 1. The van der Waals surface area contributed by atoms with Crippen LogP contribution in [0.2, 0.25) is 18.1 Å². The van der Waals surface area contributed by atoms with Crippen LogP contribution in [0.15, 0.2) is 40.9 Å². The molecule has 0 aliphatic heterocycles. The van der Waals surface area contributed by atoms with Gasteiger partial charge in [0.25, 0.3) is 0 Å². The average molecular weight is 432 g/mol. The number of oxazole rings is 1. The van der Waals surface area contributed by atoms with E-state index in [0.717, 1.165) is 25.7 Å². The molecule has 1 unspecified atom stereocenters. The van der Waals surface area contributed by atoms with E-state index in [1.807, 2.05) is 0 Å². The first-order chi connectivity index (χ1) is 14.1. The van der Waals surface area contributed by atoms with Gasteiger partial charge in [-0.15, -0.1) is 0 Å². The van der Waals surface area contributed by atoms with Gasteiger partial charge in [0.2, 0.25) is 11.7 Å². The molecular formula is C24H37NO4Si. The van der Waals surface area contributed by atoms with Crippen LogP contribution in [-0.4, -0.2) is 26.4 Å². The number of hydrogen-bond donors (Lipinski definition) is 0. The predicted molar refractivity (Wildman–Crippen MR) is 122 cm³/mol. The van der Waals surface area contributed by atoms with Gasteiger partial charge < -0.3 is 13.6 Å². The van der Waals surface area contributed by atoms with E-state index in [2.05, 4.69) is 69.2 Å². The molecule has 2 aromatic rings. The summed E-state index contributed by atoms with van der Waals surface area (Å²) in [4.78, 5) is 16.1. The van der Waals surface area contributed by atoms with Gasteiger partial charge in [0.15, 0.2) is 8.32 Å². The van der Waals surface area contributed by atoms with Gasteiger partial charge in [-0.2, -0.15) is 0 Å². The SMILES string of the molecule is COC(=O)c1cnc(C(CCCCCCc2ccccc2)O[Si](C)(C)C(C)(C)C)o1. The smallest absolute Gasteiger partial charge is 0.375 e. The third kappa shape index (κ3) is 7.09. The number of methoxy groups -OCH3 is 1. The number of aromatic nitrogens is 1. The molecule has 5 nitrogen and oxygen atoms in total. The second kappa shape index (κ2) is 10.9. The molecule has 1 heterocycles. The summed E-state index contributed by atoms with van der Waals surface area (Å²) in [7, 11) is -0.676. The van der Waals surface area contributed by atoms with Crippen LogP contribution in [0.5, 0.6) is 0 Å². The summed E-state index contributed by atoms with van der Waals surface area (Å²) in [5.74, 6) is 0.0874. The van der Waals surface area contributed by atoms with E-state index >= 15 is 0 Å². The monoisotopic (exact) mass is 431 g/mol. The summed E-state index contributed by atoms with van der Waals surface area (Å²) < 4.78 is 17.1. The van der Waals surface area contributed by atoms with Crippen molar-refractivity contribution in [3.05, 3.63) is 53.7 Å². The second-order valence-corrected chi connectivity index (χ2v) is 14.1. The van der Waals surface area contributed by atoms with Crippen LogP contribution in [0.4, 0.5) is 0 Å². The number of hydrogen-bond acceptors (Lipinski definition) is 5. The van der Waals surface area contributed by atoms with E-state index < -0.39 is 14.3 Å². The van der Waals surface area contributed by atoms with Crippen molar-refractivity contribution in [3.8, 4) is 0 Å². The summed E-state index contributed by atoms with van der Waals surface area (Å²) in [5.41, 5.74) is 1.40. The highest BCUT2D eigenvalue weighted by molar-refractivity contribution is 6.74. The zero-order chi connectivity index (χ0) is 22.2. The Hall–Kier alpha value is -1.92. The summed E-state index contributed by atoms with van der Waals surface area (Å²) in [6.07, 6.45) is 7.68. The van der Waals surface area contributed by atoms with Crippen molar-refractivity contribution in [3.63, 3.8) is 0 Å². The predicted octanol–water partition coefficient (Wildman–Crippen LogP) is 6.72. The third-order valence-electron chi connectivity index (χ3n) is 5.95. The quantitative estimate of drug-likeness (QED) is 0.224. The van der Waals surface area contributed by atoms with Gasteiger partial charge >= 0.3 is 5.97 Å². The molecule has 0 fully saturated rings. The number of rotatable bonds is 11. The van der Waals surface area contributed by atoms with Crippen molar-refractivity contribution in [2.24, 2.45) is 0 Å². The number of carbonyl (C=O) groups excluding carboxylic acids is 1. The molecule has 0 amide bonds. The van der Waals surface area contributed by atoms with E-state index in [4.69, 9.17) is 13.6 Å².